The number of guanidine groups is 1. The van der Waals surface area contributed by atoms with Crippen molar-refractivity contribution in [3.63, 3.8) is 0 Å². The highest BCUT2D eigenvalue weighted by Gasteiger charge is 2.16. The first kappa shape index (κ1) is 23.4. The largest absolute Gasteiger partial charge is 0.343 e. The number of piperidine rings is 1. The number of halogens is 1. The number of nitrogens with zero attached hydrogens (tertiary/aromatic N) is 4. The van der Waals surface area contributed by atoms with Crippen molar-refractivity contribution in [2.45, 2.75) is 39.0 Å². The van der Waals surface area contributed by atoms with Crippen LogP contribution in [0, 0.1) is 0 Å². The first-order chi connectivity index (χ1) is 13.3. The number of rotatable bonds is 7. The third-order valence-corrected chi connectivity index (χ3v) is 5.74. The van der Waals surface area contributed by atoms with Crippen LogP contribution in [0.1, 0.15) is 39.0 Å². The van der Waals surface area contributed by atoms with E-state index in [1.807, 2.05) is 0 Å². The predicted molar refractivity (Wildman–Crippen MR) is 131 cm³/mol. The molecule has 0 aliphatic carbocycles. The molecule has 2 fully saturated rings. The van der Waals surface area contributed by atoms with E-state index in [9.17, 15) is 0 Å². The van der Waals surface area contributed by atoms with Crippen molar-refractivity contribution < 1.29 is 0 Å². The summed E-state index contributed by atoms with van der Waals surface area (Å²) in [5.74, 6) is 1.07. The number of likely N-dealkylation sites (N-methyl/N-ethyl adjacent to an activating group) is 1. The van der Waals surface area contributed by atoms with E-state index in [0.717, 1.165) is 31.3 Å². The van der Waals surface area contributed by atoms with Gasteiger partial charge in [0, 0.05) is 51.5 Å². The highest BCUT2D eigenvalue weighted by molar-refractivity contribution is 14.0. The monoisotopic (exact) mass is 499 g/mol. The molecule has 1 aromatic carbocycles. The zero-order valence-corrected chi connectivity index (χ0v) is 19.8. The molecule has 2 heterocycles. The first-order valence-electron chi connectivity index (χ1n) is 10.9. The minimum atomic E-state index is 0. The summed E-state index contributed by atoms with van der Waals surface area (Å²) < 4.78 is 0. The Balaban J connectivity index is 0.00000280. The van der Waals surface area contributed by atoms with Crippen molar-refractivity contribution in [2.75, 3.05) is 64.2 Å². The zero-order valence-electron chi connectivity index (χ0n) is 17.5. The van der Waals surface area contributed by atoms with Gasteiger partial charge in [-0.1, -0.05) is 25.1 Å². The van der Waals surface area contributed by atoms with Crippen molar-refractivity contribution in [1.29, 1.82) is 0 Å². The predicted octanol–water partition coefficient (Wildman–Crippen LogP) is 3.98. The van der Waals surface area contributed by atoms with Gasteiger partial charge in [-0.15, -0.1) is 24.0 Å². The van der Waals surface area contributed by atoms with E-state index in [4.69, 9.17) is 4.99 Å². The van der Waals surface area contributed by atoms with Gasteiger partial charge in [0.25, 0.3) is 0 Å². The Bertz CT molecular complexity index is 551. The van der Waals surface area contributed by atoms with E-state index in [-0.39, 0.29) is 24.0 Å². The molecule has 0 unspecified atom stereocenters. The summed E-state index contributed by atoms with van der Waals surface area (Å²) in [6.45, 7) is 12.8. The molecule has 2 saturated heterocycles. The SMILES string of the molecule is CCN1CCN(CCCCN=C(Nc2ccccc2)N2CCCCC2)CC1.I. The van der Waals surface area contributed by atoms with Gasteiger partial charge in [0.05, 0.1) is 0 Å². The minimum Gasteiger partial charge on any atom is -0.343 e. The summed E-state index contributed by atoms with van der Waals surface area (Å²) in [6.07, 6.45) is 6.31. The molecule has 0 amide bonds. The van der Waals surface area contributed by atoms with Gasteiger partial charge in [-0.05, 0) is 57.3 Å². The first-order valence-corrected chi connectivity index (χ1v) is 10.9. The average molecular weight is 499 g/mol. The third-order valence-electron chi connectivity index (χ3n) is 5.74. The van der Waals surface area contributed by atoms with E-state index in [1.54, 1.807) is 0 Å². The van der Waals surface area contributed by atoms with Crippen molar-refractivity contribution in [2.24, 2.45) is 4.99 Å². The van der Waals surface area contributed by atoms with Gasteiger partial charge in [0.15, 0.2) is 5.96 Å². The molecule has 3 rings (SSSR count). The van der Waals surface area contributed by atoms with Crippen LogP contribution in [0.4, 0.5) is 5.69 Å². The van der Waals surface area contributed by atoms with Crippen LogP contribution in [-0.4, -0.2) is 79.6 Å². The lowest BCUT2D eigenvalue weighted by Gasteiger charge is -2.34. The van der Waals surface area contributed by atoms with E-state index in [0.29, 0.717) is 0 Å². The number of hydrogen-bond acceptors (Lipinski definition) is 3. The summed E-state index contributed by atoms with van der Waals surface area (Å²) in [6, 6.07) is 10.5. The van der Waals surface area contributed by atoms with Crippen LogP contribution in [0.15, 0.2) is 35.3 Å². The number of anilines is 1. The number of nitrogens with one attached hydrogen (secondary N) is 1. The second-order valence-electron chi connectivity index (χ2n) is 7.73. The molecule has 5 nitrogen and oxygen atoms in total. The van der Waals surface area contributed by atoms with Crippen molar-refractivity contribution >= 4 is 35.6 Å². The van der Waals surface area contributed by atoms with E-state index >= 15 is 0 Å². The summed E-state index contributed by atoms with van der Waals surface area (Å²) >= 11 is 0. The second kappa shape index (κ2) is 13.4. The van der Waals surface area contributed by atoms with Gasteiger partial charge in [0.2, 0.25) is 0 Å². The molecular formula is C22H38IN5. The van der Waals surface area contributed by atoms with Crippen LogP contribution in [0.5, 0.6) is 0 Å². The second-order valence-corrected chi connectivity index (χ2v) is 7.73. The molecule has 0 atom stereocenters. The molecule has 158 valence electrons. The number of unbranched alkanes of at least 4 members (excludes halogenated alkanes) is 1. The smallest absolute Gasteiger partial charge is 0.198 e. The summed E-state index contributed by atoms with van der Waals surface area (Å²) in [7, 11) is 0. The lowest BCUT2D eigenvalue weighted by molar-refractivity contribution is 0.136. The summed E-state index contributed by atoms with van der Waals surface area (Å²) in [5, 5.41) is 3.56. The molecule has 1 aromatic rings. The molecule has 0 radical (unpaired) electrons. The number of aliphatic imine (C=N–C) groups is 1. The maximum atomic E-state index is 4.96. The molecule has 2 aliphatic heterocycles. The molecule has 1 N–H and O–H groups in total. The fourth-order valence-electron chi connectivity index (χ4n) is 3.94. The van der Waals surface area contributed by atoms with Gasteiger partial charge in [-0.3, -0.25) is 4.99 Å². The molecule has 28 heavy (non-hydrogen) atoms. The van der Waals surface area contributed by atoms with E-state index in [1.165, 1.54) is 71.4 Å². The topological polar surface area (TPSA) is 34.1 Å². The average Bonchev–Trinajstić information content (AvgIpc) is 2.74. The zero-order chi connectivity index (χ0) is 18.7. The standard InChI is InChI=1S/C22H37N5.HI/c1-2-25-17-19-26(20-18-25)14-10-7-13-23-22(27-15-8-4-9-16-27)24-21-11-5-3-6-12-21;/h3,5-6,11-12H,2,4,7-10,13-20H2,1H3,(H,23,24);1H. The molecule has 0 saturated carbocycles. The van der Waals surface area contributed by atoms with Crippen molar-refractivity contribution in [3.8, 4) is 0 Å². The van der Waals surface area contributed by atoms with Crippen LogP contribution in [0.25, 0.3) is 0 Å². The Kier molecular flexibility index (Phi) is 11.2. The van der Waals surface area contributed by atoms with Gasteiger partial charge in [-0.25, -0.2) is 0 Å². The van der Waals surface area contributed by atoms with Crippen LogP contribution in [0.2, 0.25) is 0 Å². The normalized spacial score (nSPS) is 19.3. The van der Waals surface area contributed by atoms with E-state index in [2.05, 4.69) is 57.3 Å². The quantitative estimate of drug-likeness (QED) is 0.267. The van der Waals surface area contributed by atoms with Crippen LogP contribution < -0.4 is 5.32 Å². The lowest BCUT2D eigenvalue weighted by Crippen LogP contribution is -2.46. The molecule has 6 heteroatoms. The molecule has 0 spiro atoms. The third kappa shape index (κ3) is 7.87. The van der Waals surface area contributed by atoms with Gasteiger partial charge < -0.3 is 20.0 Å². The molecular weight excluding hydrogens is 461 g/mol. The van der Waals surface area contributed by atoms with Crippen molar-refractivity contribution in [1.82, 2.24) is 14.7 Å². The Labute approximate surface area is 188 Å². The molecule has 0 bridgehead atoms. The number of hydrogen-bond donors (Lipinski definition) is 1. The Morgan fingerprint density at radius 3 is 2.25 bits per heavy atom. The Morgan fingerprint density at radius 1 is 0.893 bits per heavy atom. The van der Waals surface area contributed by atoms with Gasteiger partial charge in [-0.2, -0.15) is 0 Å². The van der Waals surface area contributed by atoms with Crippen LogP contribution in [0.3, 0.4) is 0 Å². The van der Waals surface area contributed by atoms with Crippen LogP contribution >= 0.6 is 24.0 Å². The van der Waals surface area contributed by atoms with Gasteiger partial charge >= 0.3 is 0 Å². The van der Waals surface area contributed by atoms with Gasteiger partial charge in [0.1, 0.15) is 0 Å². The summed E-state index contributed by atoms with van der Waals surface area (Å²) in [4.78, 5) is 12.5. The molecule has 2 aliphatic rings. The Morgan fingerprint density at radius 2 is 1.57 bits per heavy atom. The number of likely N-dealkylation sites (tertiary alicyclic amines) is 1. The lowest BCUT2D eigenvalue weighted by atomic mass is 10.1. The fraction of sp³-hybridized carbons (Fsp3) is 0.682. The Hall–Kier alpha value is -0.860. The summed E-state index contributed by atoms with van der Waals surface area (Å²) in [5.41, 5.74) is 1.13. The molecule has 0 aromatic heterocycles. The highest BCUT2D eigenvalue weighted by atomic mass is 127. The highest BCUT2D eigenvalue weighted by Crippen LogP contribution is 2.13. The number of piperazine rings is 1. The number of para-hydroxylation sites is 1. The number of benzene rings is 1. The van der Waals surface area contributed by atoms with Crippen molar-refractivity contribution in [3.05, 3.63) is 30.3 Å². The maximum absolute atomic E-state index is 4.96. The maximum Gasteiger partial charge on any atom is 0.198 e. The minimum absolute atomic E-state index is 0. The van der Waals surface area contributed by atoms with Crippen LogP contribution in [-0.2, 0) is 0 Å². The van der Waals surface area contributed by atoms with E-state index < -0.39 is 0 Å². The fourth-order valence-corrected chi connectivity index (χ4v) is 3.94.